The van der Waals surface area contributed by atoms with E-state index in [9.17, 15) is 18.4 Å². The number of nitrogens with zero attached hydrogens (tertiary/aromatic N) is 2. The lowest BCUT2D eigenvalue weighted by Gasteiger charge is -2.21. The molecule has 34 heavy (non-hydrogen) atoms. The highest BCUT2D eigenvalue weighted by Crippen LogP contribution is 2.41. The van der Waals surface area contributed by atoms with Gasteiger partial charge in [-0.15, -0.1) is 0 Å². The molecule has 8 heteroatoms. The number of hydrogen-bond donors (Lipinski definition) is 1. The second-order valence-electron chi connectivity index (χ2n) is 8.33. The summed E-state index contributed by atoms with van der Waals surface area (Å²) >= 11 is 0. The van der Waals surface area contributed by atoms with Crippen molar-refractivity contribution in [2.24, 2.45) is 5.92 Å². The number of amides is 1. The molecule has 2 aromatic carbocycles. The Morgan fingerprint density at radius 3 is 2.56 bits per heavy atom. The number of hydrogen-bond acceptors (Lipinski definition) is 4. The van der Waals surface area contributed by atoms with Crippen molar-refractivity contribution >= 4 is 16.9 Å². The van der Waals surface area contributed by atoms with Crippen molar-refractivity contribution in [3.63, 3.8) is 0 Å². The highest BCUT2D eigenvalue weighted by atomic mass is 19.1. The van der Waals surface area contributed by atoms with Gasteiger partial charge < -0.3 is 10.1 Å². The maximum Gasteiger partial charge on any atom is 0.413 e. The van der Waals surface area contributed by atoms with Crippen LogP contribution in [0.15, 0.2) is 71.8 Å². The van der Waals surface area contributed by atoms with Gasteiger partial charge in [-0.05, 0) is 61.6 Å². The summed E-state index contributed by atoms with van der Waals surface area (Å²) in [7, 11) is 0. The highest BCUT2D eigenvalue weighted by Gasteiger charge is 2.34. The van der Waals surface area contributed by atoms with Crippen LogP contribution in [-0.2, 0) is 0 Å². The number of carbonyl (C=O) groups is 1. The summed E-state index contributed by atoms with van der Waals surface area (Å²) < 4.78 is 35.1. The van der Waals surface area contributed by atoms with Gasteiger partial charge in [0.1, 0.15) is 11.6 Å². The first-order valence-electron chi connectivity index (χ1n) is 10.9. The number of benzene rings is 2. The van der Waals surface area contributed by atoms with Gasteiger partial charge in [-0.2, -0.15) is 0 Å². The fraction of sp³-hybridized carbons (Fsp3) is 0.192. The zero-order valence-corrected chi connectivity index (χ0v) is 18.3. The van der Waals surface area contributed by atoms with Crippen LogP contribution in [0.3, 0.4) is 0 Å². The predicted molar refractivity (Wildman–Crippen MR) is 123 cm³/mol. The van der Waals surface area contributed by atoms with Crippen LogP contribution >= 0.6 is 0 Å². The smallest absolute Gasteiger partial charge is 0.408 e. The van der Waals surface area contributed by atoms with Crippen LogP contribution in [0.5, 0.6) is 5.75 Å². The first-order valence-corrected chi connectivity index (χ1v) is 10.9. The molecule has 0 spiro atoms. The van der Waals surface area contributed by atoms with Crippen LogP contribution in [0.1, 0.15) is 30.1 Å². The van der Waals surface area contributed by atoms with Crippen molar-refractivity contribution in [3.8, 4) is 11.4 Å². The average molecular weight is 461 g/mol. The Labute approximate surface area is 193 Å². The normalized spacial score (nSPS) is 14.1. The van der Waals surface area contributed by atoms with E-state index in [0.29, 0.717) is 11.4 Å². The Hall–Kier alpha value is -4.07. The number of aromatic nitrogens is 2. The molecule has 0 unspecified atom stereocenters. The highest BCUT2D eigenvalue weighted by molar-refractivity contribution is 5.91. The van der Waals surface area contributed by atoms with E-state index in [1.165, 1.54) is 35.0 Å². The molecule has 1 aliphatic carbocycles. The van der Waals surface area contributed by atoms with Gasteiger partial charge in [0.15, 0.2) is 5.75 Å². The minimum atomic E-state index is -0.744. The summed E-state index contributed by atoms with van der Waals surface area (Å²) in [5.41, 5.74) is 0.945. The number of fused-ring (bicyclic) bond motifs is 1. The van der Waals surface area contributed by atoms with E-state index in [4.69, 9.17) is 4.74 Å². The van der Waals surface area contributed by atoms with Crippen LogP contribution in [0.25, 0.3) is 16.5 Å². The molecule has 2 aromatic heterocycles. The Kier molecular flexibility index (Phi) is 5.57. The summed E-state index contributed by atoms with van der Waals surface area (Å²) in [5, 5.41) is 2.88. The largest absolute Gasteiger partial charge is 0.413 e. The van der Waals surface area contributed by atoms with Crippen molar-refractivity contribution in [2.45, 2.75) is 25.8 Å². The van der Waals surface area contributed by atoms with E-state index < -0.39 is 17.5 Å². The lowest BCUT2D eigenvalue weighted by atomic mass is 10.0. The molecule has 1 amide bonds. The maximum absolute atomic E-state index is 14.8. The third-order valence-electron chi connectivity index (χ3n) is 6.03. The second kappa shape index (κ2) is 8.70. The van der Waals surface area contributed by atoms with Gasteiger partial charge in [-0.1, -0.05) is 24.3 Å². The number of pyridine rings is 2. The quantitative estimate of drug-likeness (QED) is 0.443. The molecule has 172 valence electrons. The summed E-state index contributed by atoms with van der Waals surface area (Å²) in [6.07, 6.45) is 4.15. The number of ether oxygens (including phenoxy) is 1. The molecular formula is C26H21F2N3O3. The lowest BCUT2D eigenvalue weighted by molar-refractivity contribution is 0.194. The molecule has 1 saturated carbocycles. The number of nitrogens with one attached hydrogen (secondary N) is 1. The van der Waals surface area contributed by atoms with E-state index in [1.54, 1.807) is 43.5 Å². The molecule has 2 heterocycles. The molecule has 5 rings (SSSR count). The molecule has 1 N–H and O–H groups in total. The minimum Gasteiger partial charge on any atom is -0.408 e. The van der Waals surface area contributed by atoms with Gasteiger partial charge in [-0.25, -0.2) is 13.6 Å². The number of rotatable bonds is 5. The molecule has 4 aromatic rings. The van der Waals surface area contributed by atoms with Crippen LogP contribution < -0.4 is 15.6 Å². The summed E-state index contributed by atoms with van der Waals surface area (Å²) in [6.45, 7) is 1.62. The molecule has 1 aliphatic rings. The summed E-state index contributed by atoms with van der Waals surface area (Å²) in [5.74, 6) is -0.781. The Morgan fingerprint density at radius 2 is 1.88 bits per heavy atom. The zero-order valence-electron chi connectivity index (χ0n) is 18.3. The SMILES string of the molecule is Cc1c(OC(=O)N[C@H](c2ccc(F)cc2)C2CC2)c2cccc(F)c2c(=O)n1-c1cccnc1. The van der Waals surface area contributed by atoms with Gasteiger partial charge in [0.2, 0.25) is 0 Å². The molecule has 0 aliphatic heterocycles. The van der Waals surface area contributed by atoms with E-state index in [0.717, 1.165) is 18.4 Å². The summed E-state index contributed by atoms with van der Waals surface area (Å²) in [4.78, 5) is 30.3. The fourth-order valence-corrected chi connectivity index (χ4v) is 4.24. The van der Waals surface area contributed by atoms with Crippen molar-refractivity contribution in [3.05, 3.63) is 100 Å². The monoisotopic (exact) mass is 461 g/mol. The molecule has 0 saturated heterocycles. The molecule has 1 fully saturated rings. The number of halogens is 2. The topological polar surface area (TPSA) is 73.2 Å². The van der Waals surface area contributed by atoms with Crippen LogP contribution in [0.4, 0.5) is 13.6 Å². The van der Waals surface area contributed by atoms with E-state index >= 15 is 0 Å². The first-order chi connectivity index (χ1) is 16.4. The van der Waals surface area contributed by atoms with Crippen molar-refractivity contribution in [1.29, 1.82) is 0 Å². The lowest BCUT2D eigenvalue weighted by Crippen LogP contribution is -2.33. The molecule has 6 nitrogen and oxygen atoms in total. The van der Waals surface area contributed by atoms with Crippen molar-refractivity contribution in [1.82, 2.24) is 14.9 Å². The van der Waals surface area contributed by atoms with Crippen LogP contribution in [0.2, 0.25) is 0 Å². The third-order valence-corrected chi connectivity index (χ3v) is 6.03. The van der Waals surface area contributed by atoms with Gasteiger partial charge in [0.25, 0.3) is 5.56 Å². The van der Waals surface area contributed by atoms with Gasteiger partial charge in [-0.3, -0.25) is 14.3 Å². The number of carbonyl (C=O) groups excluding carboxylic acids is 1. The van der Waals surface area contributed by atoms with Crippen molar-refractivity contribution in [2.75, 3.05) is 0 Å². The zero-order chi connectivity index (χ0) is 23.8. The average Bonchev–Trinajstić information content (AvgIpc) is 3.67. The van der Waals surface area contributed by atoms with Gasteiger partial charge >= 0.3 is 6.09 Å². The molecule has 1 atom stereocenters. The van der Waals surface area contributed by atoms with Crippen molar-refractivity contribution < 1.29 is 18.3 Å². The Morgan fingerprint density at radius 1 is 1.12 bits per heavy atom. The predicted octanol–water partition coefficient (Wildman–Crippen LogP) is 5.21. The van der Waals surface area contributed by atoms with Gasteiger partial charge in [0.05, 0.1) is 29.0 Å². The standard InChI is InChI=1S/C26H21F2N3O3/c1-15-24(34-26(33)30-23(16-7-8-16)17-9-11-18(27)12-10-17)20-5-2-6-21(28)22(20)25(32)31(15)19-4-3-13-29-14-19/h2-6,9-14,16,23H,7-8H2,1H3,(H,30,33)/t23-/m0/s1. The minimum absolute atomic E-state index is 0.0732. The Bertz CT molecular complexity index is 1430. The Balaban J connectivity index is 1.55. The molecular weight excluding hydrogens is 440 g/mol. The fourth-order valence-electron chi connectivity index (χ4n) is 4.24. The van der Waals surface area contributed by atoms with Crippen LogP contribution in [-0.4, -0.2) is 15.6 Å². The molecule has 0 radical (unpaired) electrons. The van der Waals surface area contributed by atoms with E-state index in [-0.39, 0.29) is 34.3 Å². The third kappa shape index (κ3) is 4.03. The van der Waals surface area contributed by atoms with Crippen LogP contribution in [0, 0.1) is 24.5 Å². The molecule has 0 bridgehead atoms. The maximum atomic E-state index is 14.8. The summed E-state index contributed by atoms with van der Waals surface area (Å²) in [6, 6.07) is 13.1. The van der Waals surface area contributed by atoms with E-state index in [1.807, 2.05) is 0 Å². The van der Waals surface area contributed by atoms with E-state index in [2.05, 4.69) is 10.3 Å². The first kappa shape index (κ1) is 21.8. The second-order valence-corrected chi connectivity index (χ2v) is 8.33. The van der Waals surface area contributed by atoms with Gasteiger partial charge in [0, 0.05) is 11.6 Å².